The van der Waals surface area contributed by atoms with Crippen LogP contribution in [0.2, 0.25) is 0 Å². The van der Waals surface area contributed by atoms with Gasteiger partial charge in [0.2, 0.25) is 5.91 Å². The summed E-state index contributed by atoms with van der Waals surface area (Å²) in [6.07, 6.45) is -2.72. The molecule has 1 rings (SSSR count). The van der Waals surface area contributed by atoms with Crippen LogP contribution in [0.1, 0.15) is 52.9 Å². The van der Waals surface area contributed by atoms with Crippen LogP contribution in [0.5, 0.6) is 0 Å². The number of rotatable bonds is 4. The lowest BCUT2D eigenvalue weighted by atomic mass is 9.80. The molecule has 0 aromatic carbocycles. The van der Waals surface area contributed by atoms with E-state index in [4.69, 9.17) is 5.73 Å². The van der Waals surface area contributed by atoms with E-state index < -0.39 is 12.1 Å². The first-order valence-electron chi connectivity index (χ1n) is 7.63. The van der Waals surface area contributed by atoms with Crippen LogP contribution in [0, 0.1) is 17.3 Å². The van der Waals surface area contributed by atoms with Gasteiger partial charge in [-0.3, -0.25) is 4.79 Å². The summed E-state index contributed by atoms with van der Waals surface area (Å²) in [6, 6.07) is -0.0460. The third-order valence-corrected chi connectivity index (χ3v) is 4.38. The lowest BCUT2D eigenvalue weighted by Gasteiger charge is -2.34. The van der Waals surface area contributed by atoms with Gasteiger partial charge in [0, 0.05) is 12.0 Å². The van der Waals surface area contributed by atoms with Gasteiger partial charge in [0.15, 0.2) is 0 Å². The smallest absolute Gasteiger partial charge is 0.353 e. The van der Waals surface area contributed by atoms with E-state index in [9.17, 15) is 18.0 Å². The summed E-state index contributed by atoms with van der Waals surface area (Å²) in [4.78, 5) is 12.3. The van der Waals surface area contributed by atoms with Crippen LogP contribution >= 0.6 is 0 Å². The molecule has 0 aliphatic heterocycles. The van der Waals surface area contributed by atoms with Crippen LogP contribution < -0.4 is 11.1 Å². The van der Waals surface area contributed by atoms with Crippen LogP contribution in [0.25, 0.3) is 0 Å². The SMILES string of the molecule is CC(C)(C)C(CCN)NC(=O)C1CCC(C(F)(F)F)CC1. The van der Waals surface area contributed by atoms with Gasteiger partial charge in [-0.2, -0.15) is 13.2 Å². The third kappa shape index (κ3) is 5.49. The fourth-order valence-electron chi connectivity index (χ4n) is 2.86. The van der Waals surface area contributed by atoms with Crippen molar-refractivity contribution in [2.75, 3.05) is 6.54 Å². The summed E-state index contributed by atoms with van der Waals surface area (Å²) in [6.45, 7) is 6.54. The van der Waals surface area contributed by atoms with Crippen molar-refractivity contribution in [2.24, 2.45) is 23.0 Å². The molecule has 3 nitrogen and oxygen atoms in total. The fourth-order valence-corrected chi connectivity index (χ4v) is 2.86. The first-order chi connectivity index (χ1) is 9.55. The van der Waals surface area contributed by atoms with E-state index in [1.54, 1.807) is 0 Å². The lowest BCUT2D eigenvalue weighted by Crippen LogP contribution is -2.47. The molecule has 0 aromatic rings. The molecule has 6 heteroatoms. The molecule has 0 saturated heterocycles. The first kappa shape index (κ1) is 18.3. The van der Waals surface area contributed by atoms with E-state index >= 15 is 0 Å². The van der Waals surface area contributed by atoms with E-state index in [2.05, 4.69) is 5.32 Å². The summed E-state index contributed by atoms with van der Waals surface area (Å²) in [7, 11) is 0. The summed E-state index contributed by atoms with van der Waals surface area (Å²) >= 11 is 0. The minimum absolute atomic E-state index is 0.0460. The van der Waals surface area contributed by atoms with E-state index in [-0.39, 0.29) is 36.1 Å². The molecule has 0 radical (unpaired) electrons. The second-order valence-electron chi connectivity index (χ2n) is 7.09. The van der Waals surface area contributed by atoms with Crippen LogP contribution in [0.15, 0.2) is 0 Å². The van der Waals surface area contributed by atoms with Crippen molar-refractivity contribution in [3.05, 3.63) is 0 Å². The van der Waals surface area contributed by atoms with Crippen molar-refractivity contribution >= 4 is 5.91 Å². The van der Waals surface area contributed by atoms with Crippen molar-refractivity contribution in [3.63, 3.8) is 0 Å². The van der Waals surface area contributed by atoms with Crippen LogP contribution in [0.3, 0.4) is 0 Å². The average molecular weight is 308 g/mol. The quantitative estimate of drug-likeness (QED) is 0.837. The lowest BCUT2D eigenvalue weighted by molar-refractivity contribution is -0.184. The maximum atomic E-state index is 12.6. The van der Waals surface area contributed by atoms with Crippen molar-refractivity contribution in [1.82, 2.24) is 5.32 Å². The van der Waals surface area contributed by atoms with Crippen molar-refractivity contribution in [1.29, 1.82) is 0 Å². The number of nitrogens with one attached hydrogen (secondary N) is 1. The largest absolute Gasteiger partial charge is 0.391 e. The monoisotopic (exact) mass is 308 g/mol. The molecule has 1 aliphatic rings. The number of alkyl halides is 3. The van der Waals surface area contributed by atoms with Crippen molar-refractivity contribution < 1.29 is 18.0 Å². The van der Waals surface area contributed by atoms with Crippen molar-refractivity contribution in [3.8, 4) is 0 Å². The Morgan fingerprint density at radius 1 is 1.19 bits per heavy atom. The molecule has 0 spiro atoms. The highest BCUT2D eigenvalue weighted by Crippen LogP contribution is 2.39. The Hall–Kier alpha value is -0.780. The Morgan fingerprint density at radius 3 is 2.10 bits per heavy atom. The second-order valence-corrected chi connectivity index (χ2v) is 7.09. The van der Waals surface area contributed by atoms with Crippen LogP contribution in [-0.4, -0.2) is 24.7 Å². The summed E-state index contributed by atoms with van der Waals surface area (Å²) in [5, 5.41) is 2.98. The Bertz CT molecular complexity index is 342. The summed E-state index contributed by atoms with van der Waals surface area (Å²) in [5.74, 6) is -1.67. The number of carbonyl (C=O) groups is 1. The maximum Gasteiger partial charge on any atom is 0.391 e. The number of amides is 1. The number of carbonyl (C=O) groups excluding carboxylic acids is 1. The predicted octanol–water partition coefficient (Wildman–Crippen LogP) is 3.23. The molecule has 1 aliphatic carbocycles. The number of hydrogen-bond acceptors (Lipinski definition) is 2. The fraction of sp³-hybridized carbons (Fsp3) is 0.933. The van der Waals surface area contributed by atoms with Gasteiger partial charge in [0.05, 0.1) is 5.92 Å². The minimum Gasteiger partial charge on any atom is -0.353 e. The Labute approximate surface area is 124 Å². The Balaban J connectivity index is 2.54. The molecule has 1 unspecified atom stereocenters. The summed E-state index contributed by atoms with van der Waals surface area (Å²) < 4.78 is 37.9. The molecule has 1 amide bonds. The van der Waals surface area contributed by atoms with Gasteiger partial charge in [0.1, 0.15) is 0 Å². The predicted molar refractivity (Wildman–Crippen MR) is 76.6 cm³/mol. The third-order valence-electron chi connectivity index (χ3n) is 4.38. The Morgan fingerprint density at radius 2 is 1.71 bits per heavy atom. The molecule has 0 aromatic heterocycles. The average Bonchev–Trinajstić information content (AvgIpc) is 2.36. The zero-order valence-electron chi connectivity index (χ0n) is 13.1. The number of hydrogen-bond donors (Lipinski definition) is 2. The minimum atomic E-state index is -4.13. The second kappa shape index (κ2) is 6.99. The van der Waals surface area contributed by atoms with Gasteiger partial charge in [-0.05, 0) is 44.1 Å². The molecule has 1 fully saturated rings. The zero-order chi connectivity index (χ0) is 16.3. The Kier molecular flexibility index (Phi) is 6.08. The van der Waals surface area contributed by atoms with Gasteiger partial charge in [-0.1, -0.05) is 20.8 Å². The summed E-state index contributed by atoms with van der Waals surface area (Å²) in [5.41, 5.74) is 5.46. The number of halogens is 3. The molecule has 124 valence electrons. The van der Waals surface area contributed by atoms with Crippen LogP contribution in [-0.2, 0) is 4.79 Å². The highest BCUT2D eigenvalue weighted by Gasteiger charge is 2.42. The van der Waals surface area contributed by atoms with Gasteiger partial charge >= 0.3 is 6.18 Å². The van der Waals surface area contributed by atoms with E-state index in [1.807, 2.05) is 20.8 Å². The van der Waals surface area contributed by atoms with Crippen molar-refractivity contribution in [2.45, 2.75) is 65.1 Å². The topological polar surface area (TPSA) is 55.1 Å². The van der Waals surface area contributed by atoms with Gasteiger partial charge < -0.3 is 11.1 Å². The zero-order valence-corrected chi connectivity index (χ0v) is 13.1. The van der Waals surface area contributed by atoms with E-state index in [0.717, 1.165) is 0 Å². The normalized spacial score (nSPS) is 25.5. The highest BCUT2D eigenvalue weighted by molar-refractivity contribution is 5.79. The van der Waals surface area contributed by atoms with Gasteiger partial charge in [0.25, 0.3) is 0 Å². The van der Waals surface area contributed by atoms with Gasteiger partial charge in [-0.15, -0.1) is 0 Å². The number of nitrogens with two attached hydrogens (primary N) is 1. The maximum absolute atomic E-state index is 12.6. The van der Waals surface area contributed by atoms with Crippen LogP contribution in [0.4, 0.5) is 13.2 Å². The molecule has 1 saturated carbocycles. The molecule has 0 heterocycles. The molecule has 21 heavy (non-hydrogen) atoms. The standard InChI is InChI=1S/C15H27F3N2O/c1-14(2,3)12(8-9-19)20-13(21)10-4-6-11(7-5-10)15(16,17)18/h10-12H,4-9,19H2,1-3H3,(H,20,21). The van der Waals surface area contributed by atoms with E-state index in [0.29, 0.717) is 25.8 Å². The molecule has 3 N–H and O–H groups in total. The molecular formula is C15H27F3N2O. The first-order valence-corrected chi connectivity index (χ1v) is 7.63. The molecule has 1 atom stereocenters. The van der Waals surface area contributed by atoms with Gasteiger partial charge in [-0.25, -0.2) is 0 Å². The molecular weight excluding hydrogens is 281 g/mol. The molecule has 0 bridgehead atoms. The van der Waals surface area contributed by atoms with E-state index in [1.165, 1.54) is 0 Å². The highest BCUT2D eigenvalue weighted by atomic mass is 19.4.